The van der Waals surface area contributed by atoms with Crippen molar-refractivity contribution in [2.24, 2.45) is 0 Å². The molecule has 0 atom stereocenters. The molecule has 0 unspecified atom stereocenters. The fourth-order valence-electron chi connectivity index (χ4n) is 2.43. The first kappa shape index (κ1) is 16.4. The molecule has 1 amide bonds. The van der Waals surface area contributed by atoms with Crippen molar-refractivity contribution in [1.82, 2.24) is 15.2 Å². The van der Waals surface area contributed by atoms with Gasteiger partial charge in [0.25, 0.3) is 5.91 Å². The average molecular weight is 299 g/mol. The number of benzene rings is 1. The molecule has 118 valence electrons. The van der Waals surface area contributed by atoms with E-state index in [9.17, 15) is 4.79 Å². The molecule has 1 aromatic carbocycles. The molecular formula is C18H25N3O. The van der Waals surface area contributed by atoms with Gasteiger partial charge in [-0.15, -0.1) is 0 Å². The number of hydrogen-bond donors (Lipinski definition) is 1. The van der Waals surface area contributed by atoms with Gasteiger partial charge in [-0.05, 0) is 50.0 Å². The molecular weight excluding hydrogens is 274 g/mol. The Labute approximate surface area is 132 Å². The Kier molecular flexibility index (Phi) is 5.50. The summed E-state index contributed by atoms with van der Waals surface area (Å²) in [5.74, 6) is 0.419. The predicted molar refractivity (Wildman–Crippen MR) is 91.3 cm³/mol. The van der Waals surface area contributed by atoms with Gasteiger partial charge in [-0.2, -0.15) is 0 Å². The molecule has 0 aliphatic rings. The Hall–Kier alpha value is -1.94. The summed E-state index contributed by atoms with van der Waals surface area (Å²) in [6.45, 7) is 5.97. The second-order valence-electron chi connectivity index (χ2n) is 6.24. The molecule has 2 rings (SSSR count). The zero-order valence-corrected chi connectivity index (χ0v) is 13.9. The van der Waals surface area contributed by atoms with Crippen LogP contribution >= 0.6 is 0 Å². The second-order valence-corrected chi connectivity index (χ2v) is 6.24. The van der Waals surface area contributed by atoms with Crippen LogP contribution in [0, 0.1) is 0 Å². The molecule has 0 aliphatic heterocycles. The highest BCUT2D eigenvalue weighted by Gasteiger charge is 2.11. The molecule has 22 heavy (non-hydrogen) atoms. The van der Waals surface area contributed by atoms with Crippen LogP contribution in [0.1, 0.15) is 42.1 Å². The van der Waals surface area contributed by atoms with Crippen molar-refractivity contribution >= 4 is 16.7 Å². The van der Waals surface area contributed by atoms with Gasteiger partial charge in [0.2, 0.25) is 0 Å². The molecule has 1 heterocycles. The molecule has 4 heteroatoms. The second kappa shape index (κ2) is 7.36. The van der Waals surface area contributed by atoms with Crippen LogP contribution in [0.15, 0.2) is 30.6 Å². The smallest absolute Gasteiger partial charge is 0.253 e. The fraction of sp³-hybridized carbons (Fsp3) is 0.444. The standard InChI is InChI=1S/C18H25N3O/c1-13(2)14-6-7-16-15(10-14)11-19-12-17(16)18(22)20-8-5-9-21(3)4/h6-7,10-13H,5,8-9H2,1-4H3,(H,20,22). The quantitative estimate of drug-likeness (QED) is 0.834. The van der Waals surface area contributed by atoms with Crippen LogP contribution in [0.5, 0.6) is 0 Å². The SMILES string of the molecule is CC(C)c1ccc2c(C(=O)NCCCN(C)C)cncc2c1. The van der Waals surface area contributed by atoms with E-state index in [4.69, 9.17) is 0 Å². The highest BCUT2D eigenvalue weighted by atomic mass is 16.1. The van der Waals surface area contributed by atoms with Gasteiger partial charge in [0.15, 0.2) is 0 Å². The van der Waals surface area contributed by atoms with Gasteiger partial charge in [-0.3, -0.25) is 9.78 Å². The van der Waals surface area contributed by atoms with E-state index in [0.717, 1.165) is 23.7 Å². The van der Waals surface area contributed by atoms with E-state index >= 15 is 0 Å². The number of amides is 1. The monoisotopic (exact) mass is 299 g/mol. The number of pyridine rings is 1. The van der Waals surface area contributed by atoms with Crippen molar-refractivity contribution in [1.29, 1.82) is 0 Å². The number of fused-ring (bicyclic) bond motifs is 1. The van der Waals surface area contributed by atoms with Crippen molar-refractivity contribution in [2.75, 3.05) is 27.2 Å². The molecule has 0 saturated carbocycles. The number of aromatic nitrogens is 1. The van der Waals surface area contributed by atoms with E-state index in [1.165, 1.54) is 5.56 Å². The zero-order valence-electron chi connectivity index (χ0n) is 13.9. The van der Waals surface area contributed by atoms with Gasteiger partial charge in [-0.25, -0.2) is 0 Å². The van der Waals surface area contributed by atoms with E-state index in [2.05, 4.69) is 41.2 Å². The van der Waals surface area contributed by atoms with Crippen molar-refractivity contribution in [3.8, 4) is 0 Å². The summed E-state index contributed by atoms with van der Waals surface area (Å²) in [6, 6.07) is 6.24. The Bertz CT molecular complexity index is 650. The molecule has 1 aromatic heterocycles. The number of nitrogens with one attached hydrogen (secondary N) is 1. The van der Waals surface area contributed by atoms with E-state index in [1.54, 1.807) is 6.20 Å². The molecule has 2 aromatic rings. The minimum Gasteiger partial charge on any atom is -0.352 e. The van der Waals surface area contributed by atoms with Crippen molar-refractivity contribution in [3.05, 3.63) is 41.7 Å². The third-order valence-corrected chi connectivity index (χ3v) is 3.76. The molecule has 4 nitrogen and oxygen atoms in total. The first-order valence-electron chi connectivity index (χ1n) is 7.79. The molecule has 0 fully saturated rings. The Balaban J connectivity index is 2.15. The van der Waals surface area contributed by atoms with Gasteiger partial charge < -0.3 is 10.2 Å². The maximum Gasteiger partial charge on any atom is 0.253 e. The van der Waals surface area contributed by atoms with E-state index in [0.29, 0.717) is 18.0 Å². The van der Waals surface area contributed by atoms with Crippen molar-refractivity contribution in [2.45, 2.75) is 26.2 Å². The minimum absolute atomic E-state index is 0.0471. The average Bonchev–Trinajstić information content (AvgIpc) is 2.49. The maximum atomic E-state index is 12.4. The van der Waals surface area contributed by atoms with Crippen LogP contribution in [0.3, 0.4) is 0 Å². The van der Waals surface area contributed by atoms with Crippen LogP contribution in [-0.2, 0) is 0 Å². The summed E-state index contributed by atoms with van der Waals surface area (Å²) in [7, 11) is 4.06. The van der Waals surface area contributed by atoms with Crippen LogP contribution in [0.25, 0.3) is 10.8 Å². The highest BCUT2D eigenvalue weighted by molar-refractivity contribution is 6.06. The zero-order chi connectivity index (χ0) is 16.1. The lowest BCUT2D eigenvalue weighted by Crippen LogP contribution is -2.27. The normalized spacial score (nSPS) is 11.4. The molecule has 0 aliphatic carbocycles. The first-order chi connectivity index (χ1) is 10.5. The molecule has 0 saturated heterocycles. The van der Waals surface area contributed by atoms with Crippen molar-refractivity contribution < 1.29 is 4.79 Å². The summed E-state index contributed by atoms with van der Waals surface area (Å²) in [4.78, 5) is 18.7. The Morgan fingerprint density at radius 1 is 1.27 bits per heavy atom. The lowest BCUT2D eigenvalue weighted by atomic mass is 9.98. The minimum atomic E-state index is -0.0471. The lowest BCUT2D eigenvalue weighted by Gasteiger charge is -2.12. The fourth-order valence-corrected chi connectivity index (χ4v) is 2.43. The molecule has 0 spiro atoms. The number of hydrogen-bond acceptors (Lipinski definition) is 3. The first-order valence-corrected chi connectivity index (χ1v) is 7.79. The molecule has 0 bridgehead atoms. The summed E-state index contributed by atoms with van der Waals surface area (Å²) in [5.41, 5.74) is 1.91. The Morgan fingerprint density at radius 2 is 2.05 bits per heavy atom. The number of carbonyl (C=O) groups excluding carboxylic acids is 1. The van der Waals surface area contributed by atoms with Crippen LogP contribution < -0.4 is 5.32 Å². The summed E-state index contributed by atoms with van der Waals surface area (Å²) >= 11 is 0. The van der Waals surface area contributed by atoms with E-state index < -0.39 is 0 Å². The van der Waals surface area contributed by atoms with Crippen molar-refractivity contribution in [3.63, 3.8) is 0 Å². The number of carbonyl (C=O) groups is 1. The summed E-state index contributed by atoms with van der Waals surface area (Å²) < 4.78 is 0. The van der Waals surface area contributed by atoms with Crippen LogP contribution in [0.4, 0.5) is 0 Å². The molecule has 1 N–H and O–H groups in total. The topological polar surface area (TPSA) is 45.2 Å². The van der Waals surface area contributed by atoms with Gasteiger partial charge in [0, 0.05) is 24.3 Å². The largest absolute Gasteiger partial charge is 0.352 e. The van der Waals surface area contributed by atoms with E-state index in [-0.39, 0.29) is 5.91 Å². The lowest BCUT2D eigenvalue weighted by molar-refractivity contribution is 0.0953. The number of nitrogens with zero attached hydrogens (tertiary/aromatic N) is 2. The van der Waals surface area contributed by atoms with Gasteiger partial charge in [0.1, 0.15) is 0 Å². The number of rotatable bonds is 6. The van der Waals surface area contributed by atoms with E-state index in [1.807, 2.05) is 26.4 Å². The summed E-state index contributed by atoms with van der Waals surface area (Å²) in [5, 5.41) is 4.96. The van der Waals surface area contributed by atoms with Gasteiger partial charge >= 0.3 is 0 Å². The summed E-state index contributed by atoms with van der Waals surface area (Å²) in [6.07, 6.45) is 4.41. The predicted octanol–water partition coefficient (Wildman–Crippen LogP) is 3.04. The third kappa shape index (κ3) is 4.04. The third-order valence-electron chi connectivity index (χ3n) is 3.76. The van der Waals surface area contributed by atoms with Crippen LogP contribution in [0.2, 0.25) is 0 Å². The van der Waals surface area contributed by atoms with Gasteiger partial charge in [0.05, 0.1) is 5.56 Å². The maximum absolute atomic E-state index is 12.4. The van der Waals surface area contributed by atoms with Crippen LogP contribution in [-0.4, -0.2) is 43.0 Å². The van der Waals surface area contributed by atoms with Gasteiger partial charge in [-0.1, -0.05) is 26.0 Å². The Morgan fingerprint density at radius 3 is 2.73 bits per heavy atom. The molecule has 0 radical (unpaired) electrons. The highest BCUT2D eigenvalue weighted by Crippen LogP contribution is 2.23.